The Morgan fingerprint density at radius 1 is 0.370 bits per heavy atom. The van der Waals surface area contributed by atoms with Crippen molar-refractivity contribution in [2.24, 2.45) is 0 Å². The molecule has 5 nitrogen and oxygen atoms in total. The van der Waals surface area contributed by atoms with Gasteiger partial charge in [-0.1, -0.05) is 146 Å². The summed E-state index contributed by atoms with van der Waals surface area (Å²) in [4.78, 5) is 15.4. The number of hydrogen-bond acceptors (Lipinski definition) is 4. The highest BCUT2D eigenvalue weighted by molar-refractivity contribution is 6.15. The highest BCUT2D eigenvalue weighted by Gasteiger charge is 2.22. The van der Waals surface area contributed by atoms with Crippen molar-refractivity contribution in [3.05, 3.63) is 182 Å². The number of aromatic nitrogens is 4. The molecule has 0 radical (unpaired) electrons. The van der Waals surface area contributed by atoms with Crippen LogP contribution in [0, 0.1) is 0 Å². The highest BCUT2D eigenvalue weighted by atomic mass is 16.3. The van der Waals surface area contributed by atoms with Crippen LogP contribution in [0.2, 0.25) is 0 Å². The minimum atomic E-state index is 0.545. The fourth-order valence-electron chi connectivity index (χ4n) is 7.82. The van der Waals surface area contributed by atoms with Crippen LogP contribution in [0.15, 0.2) is 186 Å². The van der Waals surface area contributed by atoms with Crippen LogP contribution in [0.3, 0.4) is 0 Å². The van der Waals surface area contributed by atoms with Crippen LogP contribution in [-0.2, 0) is 0 Å². The van der Waals surface area contributed by atoms with Crippen LogP contribution in [0.4, 0.5) is 0 Å². The van der Waals surface area contributed by atoms with E-state index in [1.807, 2.05) is 48.5 Å². The molecular formula is C49H30N4O. The first-order valence-electron chi connectivity index (χ1n) is 18.1. The maximum absolute atomic E-state index is 6.69. The quantitative estimate of drug-likeness (QED) is 0.180. The monoisotopic (exact) mass is 690 g/mol. The van der Waals surface area contributed by atoms with E-state index in [4.69, 9.17) is 19.4 Å². The summed E-state index contributed by atoms with van der Waals surface area (Å²) >= 11 is 0. The van der Waals surface area contributed by atoms with Crippen molar-refractivity contribution in [2.75, 3.05) is 0 Å². The van der Waals surface area contributed by atoms with Crippen molar-refractivity contribution >= 4 is 54.5 Å². The van der Waals surface area contributed by atoms with E-state index in [9.17, 15) is 0 Å². The molecule has 5 heteroatoms. The molecule has 252 valence electrons. The van der Waals surface area contributed by atoms with E-state index in [0.717, 1.165) is 66.5 Å². The van der Waals surface area contributed by atoms with Gasteiger partial charge in [0.2, 0.25) is 0 Å². The first-order valence-corrected chi connectivity index (χ1v) is 18.1. The number of fused-ring (bicyclic) bond motifs is 7. The van der Waals surface area contributed by atoms with Gasteiger partial charge in [-0.05, 0) is 58.3 Å². The summed E-state index contributed by atoms with van der Waals surface area (Å²) in [6.07, 6.45) is 0. The normalized spacial score (nSPS) is 11.7. The third-order valence-electron chi connectivity index (χ3n) is 10.4. The Labute approximate surface area is 310 Å². The van der Waals surface area contributed by atoms with Crippen molar-refractivity contribution in [2.45, 2.75) is 0 Å². The molecule has 0 amide bonds. The van der Waals surface area contributed by atoms with Crippen molar-refractivity contribution < 1.29 is 4.42 Å². The molecule has 0 bridgehead atoms. The average Bonchev–Trinajstić information content (AvgIpc) is 3.78. The molecule has 0 spiro atoms. The van der Waals surface area contributed by atoms with Gasteiger partial charge in [-0.25, -0.2) is 15.0 Å². The van der Waals surface area contributed by atoms with Crippen LogP contribution in [-0.4, -0.2) is 19.5 Å². The molecule has 0 aliphatic rings. The highest BCUT2D eigenvalue weighted by Crippen LogP contribution is 2.41. The third kappa shape index (κ3) is 4.90. The van der Waals surface area contributed by atoms with Crippen molar-refractivity contribution in [3.8, 4) is 51.0 Å². The Balaban J connectivity index is 1.19. The van der Waals surface area contributed by atoms with Crippen LogP contribution >= 0.6 is 0 Å². The maximum Gasteiger partial charge on any atom is 0.167 e. The predicted molar refractivity (Wildman–Crippen MR) is 221 cm³/mol. The van der Waals surface area contributed by atoms with Gasteiger partial charge in [0, 0.05) is 38.4 Å². The zero-order valence-electron chi connectivity index (χ0n) is 29.0. The van der Waals surface area contributed by atoms with Gasteiger partial charge >= 0.3 is 0 Å². The number of nitrogens with zero attached hydrogens (tertiary/aromatic N) is 4. The average molecular weight is 691 g/mol. The number of hydrogen-bond donors (Lipinski definition) is 0. The second-order valence-corrected chi connectivity index (χ2v) is 13.7. The molecule has 3 heterocycles. The predicted octanol–water partition coefficient (Wildman–Crippen LogP) is 12.7. The SMILES string of the molecule is c1ccc(-c2ccc(-c3nc(-c4ccccc4)nc(-c4cc(-n5c6ccccc6c6cc7ccccc7cc65)cc5c4oc4ccccc45)n3)cc2)cc1. The summed E-state index contributed by atoms with van der Waals surface area (Å²) in [5.41, 5.74) is 9.72. The first-order chi connectivity index (χ1) is 26.7. The number of para-hydroxylation sites is 2. The molecule has 0 fully saturated rings. The van der Waals surface area contributed by atoms with Gasteiger partial charge in [0.25, 0.3) is 0 Å². The molecule has 0 aliphatic heterocycles. The zero-order valence-corrected chi connectivity index (χ0v) is 29.0. The summed E-state index contributed by atoms with van der Waals surface area (Å²) in [5.74, 6) is 1.74. The summed E-state index contributed by atoms with van der Waals surface area (Å²) in [7, 11) is 0. The molecule has 0 saturated carbocycles. The molecular weight excluding hydrogens is 661 g/mol. The molecule has 8 aromatic carbocycles. The summed E-state index contributed by atoms with van der Waals surface area (Å²) < 4.78 is 9.05. The van der Waals surface area contributed by atoms with Crippen LogP contribution < -0.4 is 0 Å². The molecule has 0 unspecified atom stereocenters. The maximum atomic E-state index is 6.69. The Morgan fingerprint density at radius 3 is 1.69 bits per heavy atom. The van der Waals surface area contributed by atoms with Gasteiger partial charge in [-0.15, -0.1) is 0 Å². The summed E-state index contributed by atoms with van der Waals surface area (Å²) in [5, 5.41) is 6.85. The molecule has 11 rings (SSSR count). The number of rotatable bonds is 5. The molecule has 3 aromatic heterocycles. The van der Waals surface area contributed by atoms with E-state index in [1.54, 1.807) is 0 Å². The molecule has 0 aliphatic carbocycles. The molecule has 0 saturated heterocycles. The Kier molecular flexibility index (Phi) is 6.79. The van der Waals surface area contributed by atoms with E-state index in [1.165, 1.54) is 21.5 Å². The Bertz CT molecular complexity index is 3200. The number of benzene rings is 8. The second kappa shape index (κ2) is 12.1. The fourth-order valence-corrected chi connectivity index (χ4v) is 7.82. The van der Waals surface area contributed by atoms with Gasteiger partial charge in [-0.3, -0.25) is 0 Å². The minimum Gasteiger partial charge on any atom is -0.455 e. The third-order valence-corrected chi connectivity index (χ3v) is 10.4. The largest absolute Gasteiger partial charge is 0.455 e. The molecule has 54 heavy (non-hydrogen) atoms. The lowest BCUT2D eigenvalue weighted by molar-refractivity contribution is 0.669. The number of furan rings is 1. The van der Waals surface area contributed by atoms with Crippen molar-refractivity contribution in [3.63, 3.8) is 0 Å². The molecule has 0 N–H and O–H groups in total. The zero-order chi connectivity index (χ0) is 35.6. The van der Waals surface area contributed by atoms with Crippen LogP contribution in [0.5, 0.6) is 0 Å². The molecule has 0 atom stereocenters. The van der Waals surface area contributed by atoms with Gasteiger partial charge < -0.3 is 8.98 Å². The minimum absolute atomic E-state index is 0.545. The smallest absolute Gasteiger partial charge is 0.167 e. The van der Waals surface area contributed by atoms with E-state index in [0.29, 0.717) is 17.5 Å². The standard InChI is InChI=1S/C49H30N4O/c1-3-13-31(14-4-1)32-23-25-34(26-24-32)48-50-47(33-15-5-2-6-16-33)51-49(52-48)42-30-37(29-41-39-20-10-12-22-45(39)54-46(41)42)53-43-21-11-9-19-38(43)40-27-35-17-7-8-18-36(35)28-44(40)53/h1-30H. The van der Waals surface area contributed by atoms with Gasteiger partial charge in [0.05, 0.1) is 16.6 Å². The Hall–Kier alpha value is -7.37. The van der Waals surface area contributed by atoms with Crippen molar-refractivity contribution in [1.82, 2.24) is 19.5 Å². The van der Waals surface area contributed by atoms with Crippen LogP contribution in [0.25, 0.3) is 105 Å². The second-order valence-electron chi connectivity index (χ2n) is 13.7. The lowest BCUT2D eigenvalue weighted by atomic mass is 10.0. The van der Waals surface area contributed by atoms with E-state index < -0.39 is 0 Å². The lowest BCUT2D eigenvalue weighted by Gasteiger charge is -2.13. The Morgan fingerprint density at radius 2 is 0.926 bits per heavy atom. The van der Waals surface area contributed by atoms with E-state index in [2.05, 4.69) is 138 Å². The van der Waals surface area contributed by atoms with Crippen molar-refractivity contribution in [1.29, 1.82) is 0 Å². The molecule has 11 aromatic rings. The van der Waals surface area contributed by atoms with Gasteiger partial charge in [0.15, 0.2) is 17.5 Å². The van der Waals surface area contributed by atoms with Gasteiger partial charge in [0.1, 0.15) is 11.2 Å². The summed E-state index contributed by atoms with van der Waals surface area (Å²) in [6, 6.07) is 63.4. The summed E-state index contributed by atoms with van der Waals surface area (Å²) in [6.45, 7) is 0. The fraction of sp³-hybridized carbons (Fsp3) is 0. The first kappa shape index (κ1) is 30.3. The van der Waals surface area contributed by atoms with Gasteiger partial charge in [-0.2, -0.15) is 0 Å². The van der Waals surface area contributed by atoms with E-state index >= 15 is 0 Å². The van der Waals surface area contributed by atoms with Crippen LogP contribution in [0.1, 0.15) is 0 Å². The topological polar surface area (TPSA) is 56.7 Å². The van der Waals surface area contributed by atoms with E-state index in [-0.39, 0.29) is 0 Å². The lowest BCUT2D eigenvalue weighted by Crippen LogP contribution is -2.01.